The highest BCUT2D eigenvalue weighted by molar-refractivity contribution is 5.93. The van der Waals surface area contributed by atoms with Crippen molar-refractivity contribution in [3.8, 4) is 6.01 Å². The van der Waals surface area contributed by atoms with Crippen LogP contribution in [0.2, 0.25) is 0 Å². The third-order valence-corrected chi connectivity index (χ3v) is 2.58. The molecule has 0 atom stereocenters. The third-order valence-electron chi connectivity index (χ3n) is 2.58. The predicted octanol–water partition coefficient (Wildman–Crippen LogP) is 3.04. The second-order valence-corrected chi connectivity index (χ2v) is 3.76. The van der Waals surface area contributed by atoms with Gasteiger partial charge in [-0.3, -0.25) is 0 Å². The van der Waals surface area contributed by atoms with Gasteiger partial charge in [-0.2, -0.15) is 0 Å². The highest BCUT2D eigenvalue weighted by atomic mass is 16.7. The monoisotopic (exact) mass is 237 g/mol. The van der Waals surface area contributed by atoms with E-state index >= 15 is 0 Å². The van der Waals surface area contributed by atoms with Crippen LogP contribution in [0.15, 0.2) is 60.9 Å². The highest BCUT2D eigenvalue weighted by Crippen LogP contribution is 2.22. The molecule has 0 bridgehead atoms. The van der Waals surface area contributed by atoms with E-state index in [-0.39, 0.29) is 0 Å². The van der Waals surface area contributed by atoms with E-state index in [1.165, 1.54) is 0 Å². The minimum atomic E-state index is 0.297. The molecule has 0 saturated heterocycles. The molecule has 0 aliphatic rings. The maximum atomic E-state index is 5.33. The van der Waals surface area contributed by atoms with Crippen molar-refractivity contribution in [3.63, 3.8) is 0 Å². The lowest BCUT2D eigenvalue weighted by molar-refractivity contribution is 0.372. The topological polar surface area (TPSA) is 47.0 Å². The van der Waals surface area contributed by atoms with E-state index in [0.29, 0.717) is 6.01 Å². The average molecular weight is 237 g/mol. The van der Waals surface area contributed by atoms with E-state index in [0.717, 1.165) is 16.5 Å². The smallest absolute Gasteiger partial charge is 0.340 e. The Hall–Kier alpha value is -2.62. The Bertz CT molecular complexity index is 650. The molecule has 1 heterocycles. The number of aromatic nitrogens is 2. The summed E-state index contributed by atoms with van der Waals surface area (Å²) in [5.41, 5.74) is 3.77. The van der Waals surface area contributed by atoms with Crippen molar-refractivity contribution in [2.75, 3.05) is 5.48 Å². The van der Waals surface area contributed by atoms with Crippen LogP contribution >= 0.6 is 0 Å². The largest absolute Gasteiger partial charge is 0.342 e. The van der Waals surface area contributed by atoms with Gasteiger partial charge >= 0.3 is 6.01 Å². The fraction of sp³-hybridized carbons (Fsp3) is 0. The first kappa shape index (κ1) is 10.5. The quantitative estimate of drug-likeness (QED) is 0.711. The van der Waals surface area contributed by atoms with Crippen LogP contribution in [0.5, 0.6) is 6.01 Å². The summed E-state index contributed by atoms with van der Waals surface area (Å²) in [5.74, 6) is 0. The molecular weight excluding hydrogens is 226 g/mol. The molecule has 18 heavy (non-hydrogen) atoms. The zero-order chi connectivity index (χ0) is 12.2. The van der Waals surface area contributed by atoms with Crippen LogP contribution in [-0.4, -0.2) is 9.97 Å². The molecule has 1 aromatic heterocycles. The van der Waals surface area contributed by atoms with Gasteiger partial charge in [-0.25, -0.2) is 15.4 Å². The molecule has 0 aliphatic heterocycles. The molecule has 3 aromatic rings. The number of hydrogen-bond donors (Lipinski definition) is 1. The lowest BCUT2D eigenvalue weighted by Gasteiger charge is -2.08. The number of nitrogens with one attached hydrogen (secondary N) is 1. The van der Waals surface area contributed by atoms with Crippen LogP contribution in [0.4, 0.5) is 5.69 Å². The summed E-state index contributed by atoms with van der Waals surface area (Å²) >= 11 is 0. The first-order valence-corrected chi connectivity index (χ1v) is 5.61. The molecule has 4 heteroatoms. The number of nitrogens with zero attached hydrogens (tertiary/aromatic N) is 2. The maximum absolute atomic E-state index is 5.33. The van der Waals surface area contributed by atoms with Crippen LogP contribution in [0.25, 0.3) is 10.8 Å². The van der Waals surface area contributed by atoms with Crippen molar-refractivity contribution in [1.82, 2.24) is 9.97 Å². The Morgan fingerprint density at radius 3 is 2.50 bits per heavy atom. The van der Waals surface area contributed by atoms with E-state index in [1.54, 1.807) is 18.5 Å². The summed E-state index contributed by atoms with van der Waals surface area (Å²) < 4.78 is 0. The first-order chi connectivity index (χ1) is 8.93. The first-order valence-electron chi connectivity index (χ1n) is 5.61. The van der Waals surface area contributed by atoms with Crippen LogP contribution in [0.3, 0.4) is 0 Å². The van der Waals surface area contributed by atoms with Gasteiger partial charge in [-0.1, -0.05) is 36.4 Å². The van der Waals surface area contributed by atoms with Gasteiger partial charge in [-0.05, 0) is 17.5 Å². The molecule has 3 rings (SSSR count). The van der Waals surface area contributed by atoms with Crippen molar-refractivity contribution >= 4 is 16.5 Å². The lowest BCUT2D eigenvalue weighted by Crippen LogP contribution is -2.07. The van der Waals surface area contributed by atoms with Gasteiger partial charge in [-0.15, -0.1) is 0 Å². The summed E-state index contributed by atoms with van der Waals surface area (Å²) in [5, 5.41) is 2.25. The molecule has 0 unspecified atom stereocenters. The summed E-state index contributed by atoms with van der Waals surface area (Å²) in [7, 11) is 0. The molecule has 0 spiro atoms. The average Bonchev–Trinajstić information content (AvgIpc) is 2.46. The molecule has 1 N–H and O–H groups in total. The van der Waals surface area contributed by atoms with E-state index in [2.05, 4.69) is 27.6 Å². The van der Waals surface area contributed by atoms with E-state index in [1.807, 2.05) is 30.3 Å². The molecule has 4 nitrogen and oxygen atoms in total. The summed E-state index contributed by atoms with van der Waals surface area (Å²) in [6, 6.07) is 16.1. The zero-order valence-corrected chi connectivity index (χ0v) is 9.58. The number of benzene rings is 2. The molecule has 0 saturated carbocycles. The van der Waals surface area contributed by atoms with Gasteiger partial charge in [0.05, 0.1) is 5.69 Å². The van der Waals surface area contributed by atoms with Gasteiger partial charge in [0.25, 0.3) is 0 Å². The minimum absolute atomic E-state index is 0.297. The Morgan fingerprint density at radius 2 is 1.61 bits per heavy atom. The summed E-state index contributed by atoms with van der Waals surface area (Å²) in [6.07, 6.45) is 3.26. The summed E-state index contributed by atoms with van der Waals surface area (Å²) in [4.78, 5) is 13.3. The zero-order valence-electron chi connectivity index (χ0n) is 9.58. The normalized spacial score (nSPS) is 10.2. The van der Waals surface area contributed by atoms with Crippen LogP contribution in [0.1, 0.15) is 0 Å². The molecule has 0 radical (unpaired) electrons. The number of hydrogen-bond acceptors (Lipinski definition) is 4. The number of rotatable bonds is 3. The molecular formula is C14H11N3O. The Kier molecular flexibility index (Phi) is 2.75. The molecule has 2 aromatic carbocycles. The van der Waals surface area contributed by atoms with Crippen molar-refractivity contribution in [2.24, 2.45) is 0 Å². The van der Waals surface area contributed by atoms with Gasteiger partial charge in [0, 0.05) is 17.8 Å². The third kappa shape index (κ3) is 2.08. The molecule has 0 aliphatic carbocycles. The standard InChI is InChI=1S/C14H11N3O/c1-2-7-12-11(5-1)6-3-8-13(12)17-18-14-15-9-4-10-16-14/h1-10,17H. The Balaban J connectivity index is 1.87. The minimum Gasteiger partial charge on any atom is -0.340 e. The number of anilines is 1. The molecule has 0 amide bonds. The second kappa shape index (κ2) is 4.71. The Labute approximate surface area is 104 Å². The molecule has 0 fully saturated rings. The predicted molar refractivity (Wildman–Crippen MR) is 70.2 cm³/mol. The van der Waals surface area contributed by atoms with E-state index in [9.17, 15) is 0 Å². The Morgan fingerprint density at radius 1 is 0.833 bits per heavy atom. The van der Waals surface area contributed by atoms with Crippen molar-refractivity contribution in [3.05, 3.63) is 60.9 Å². The van der Waals surface area contributed by atoms with Gasteiger partial charge in [0.1, 0.15) is 0 Å². The van der Waals surface area contributed by atoms with Crippen LogP contribution in [0, 0.1) is 0 Å². The summed E-state index contributed by atoms with van der Waals surface area (Å²) in [6.45, 7) is 0. The van der Waals surface area contributed by atoms with Gasteiger partial charge in [0.2, 0.25) is 0 Å². The fourth-order valence-electron chi connectivity index (χ4n) is 1.75. The van der Waals surface area contributed by atoms with E-state index < -0.39 is 0 Å². The lowest BCUT2D eigenvalue weighted by atomic mass is 10.1. The van der Waals surface area contributed by atoms with Crippen LogP contribution in [-0.2, 0) is 0 Å². The second-order valence-electron chi connectivity index (χ2n) is 3.76. The van der Waals surface area contributed by atoms with Crippen molar-refractivity contribution in [2.45, 2.75) is 0 Å². The fourth-order valence-corrected chi connectivity index (χ4v) is 1.75. The van der Waals surface area contributed by atoms with Crippen LogP contribution < -0.4 is 10.3 Å². The SMILES string of the molecule is c1cnc(ONc2cccc3ccccc23)nc1. The van der Waals surface area contributed by atoms with Crippen molar-refractivity contribution < 1.29 is 4.84 Å². The van der Waals surface area contributed by atoms with Crippen molar-refractivity contribution in [1.29, 1.82) is 0 Å². The van der Waals surface area contributed by atoms with Gasteiger partial charge in [0.15, 0.2) is 0 Å². The highest BCUT2D eigenvalue weighted by Gasteiger charge is 2.01. The molecule has 88 valence electrons. The number of fused-ring (bicyclic) bond motifs is 1. The van der Waals surface area contributed by atoms with Gasteiger partial charge < -0.3 is 4.84 Å². The maximum Gasteiger partial charge on any atom is 0.342 e. The van der Waals surface area contributed by atoms with E-state index in [4.69, 9.17) is 4.84 Å².